The van der Waals surface area contributed by atoms with Gasteiger partial charge in [0.25, 0.3) is 0 Å². The van der Waals surface area contributed by atoms with E-state index in [2.05, 4.69) is 5.32 Å². The van der Waals surface area contributed by atoms with E-state index in [1.807, 2.05) is 18.2 Å². The van der Waals surface area contributed by atoms with Crippen LogP contribution in [0.4, 0.5) is 0 Å². The van der Waals surface area contributed by atoms with Crippen molar-refractivity contribution in [2.45, 2.75) is 25.4 Å². The number of rotatable bonds is 8. The second-order valence-corrected chi connectivity index (χ2v) is 4.47. The van der Waals surface area contributed by atoms with Gasteiger partial charge in [-0.25, -0.2) is 0 Å². The number of benzene rings is 1. The minimum absolute atomic E-state index is 0.569. The van der Waals surface area contributed by atoms with Gasteiger partial charge in [-0.15, -0.1) is 0 Å². The first kappa shape index (κ1) is 13.2. The van der Waals surface area contributed by atoms with E-state index in [4.69, 9.17) is 14.2 Å². The zero-order valence-electron chi connectivity index (χ0n) is 11.1. The average molecular weight is 251 g/mol. The average Bonchev–Trinajstić information content (AvgIpc) is 3.21. The second-order valence-electron chi connectivity index (χ2n) is 4.47. The smallest absolute Gasteiger partial charge is 0.124 e. The normalized spacial score (nSPS) is 14.6. The molecule has 4 nitrogen and oxygen atoms in total. The summed E-state index contributed by atoms with van der Waals surface area (Å²) < 4.78 is 16.0. The predicted octanol–water partition coefficient (Wildman–Crippen LogP) is 1.97. The summed E-state index contributed by atoms with van der Waals surface area (Å²) in [5.41, 5.74) is 1.14. The van der Waals surface area contributed by atoms with Gasteiger partial charge in [-0.1, -0.05) is 0 Å². The summed E-state index contributed by atoms with van der Waals surface area (Å²) in [6.45, 7) is 1.99. The molecule has 1 aromatic carbocycles. The van der Waals surface area contributed by atoms with E-state index in [1.165, 1.54) is 12.8 Å². The molecule has 0 unspecified atom stereocenters. The van der Waals surface area contributed by atoms with Crippen LogP contribution in [0.5, 0.6) is 11.5 Å². The molecule has 0 saturated heterocycles. The molecule has 1 aliphatic rings. The lowest BCUT2D eigenvalue weighted by molar-refractivity contribution is 0.145. The number of ether oxygens (including phenoxy) is 3. The van der Waals surface area contributed by atoms with E-state index < -0.39 is 0 Å². The molecule has 0 atom stereocenters. The number of hydrogen-bond donors (Lipinski definition) is 1. The highest BCUT2D eigenvalue weighted by Gasteiger charge is 2.20. The van der Waals surface area contributed by atoms with Gasteiger partial charge in [0.1, 0.15) is 18.1 Å². The molecule has 0 aromatic heterocycles. The maximum absolute atomic E-state index is 5.71. The van der Waals surface area contributed by atoms with Crippen molar-refractivity contribution >= 4 is 0 Å². The third kappa shape index (κ3) is 3.89. The van der Waals surface area contributed by atoms with Crippen LogP contribution in [-0.4, -0.2) is 33.5 Å². The SMILES string of the molecule is COCCOc1ccc(OC)cc1CNC1CC1. The molecule has 0 aliphatic heterocycles. The molecular formula is C14H21NO3. The summed E-state index contributed by atoms with van der Waals surface area (Å²) >= 11 is 0. The summed E-state index contributed by atoms with van der Waals surface area (Å²) in [5.74, 6) is 1.77. The van der Waals surface area contributed by atoms with Crippen molar-refractivity contribution in [1.82, 2.24) is 5.32 Å². The minimum atomic E-state index is 0.569. The van der Waals surface area contributed by atoms with Crippen LogP contribution >= 0.6 is 0 Å². The molecule has 0 amide bonds. The summed E-state index contributed by atoms with van der Waals surface area (Å²) in [4.78, 5) is 0. The maximum atomic E-state index is 5.71. The van der Waals surface area contributed by atoms with Gasteiger partial charge in [-0.05, 0) is 31.0 Å². The zero-order chi connectivity index (χ0) is 12.8. The molecule has 4 heteroatoms. The molecule has 100 valence electrons. The largest absolute Gasteiger partial charge is 0.497 e. The van der Waals surface area contributed by atoms with Crippen molar-refractivity contribution in [2.75, 3.05) is 27.4 Å². The highest BCUT2D eigenvalue weighted by molar-refractivity contribution is 5.40. The van der Waals surface area contributed by atoms with Crippen molar-refractivity contribution in [3.05, 3.63) is 23.8 Å². The highest BCUT2D eigenvalue weighted by Crippen LogP contribution is 2.26. The summed E-state index contributed by atoms with van der Waals surface area (Å²) in [5, 5.41) is 3.49. The second kappa shape index (κ2) is 6.61. The molecule has 18 heavy (non-hydrogen) atoms. The zero-order valence-corrected chi connectivity index (χ0v) is 11.1. The van der Waals surface area contributed by atoms with Gasteiger partial charge in [0.2, 0.25) is 0 Å². The molecule has 0 radical (unpaired) electrons. The van der Waals surface area contributed by atoms with Gasteiger partial charge < -0.3 is 19.5 Å². The Balaban J connectivity index is 1.99. The molecule has 2 rings (SSSR count). The monoisotopic (exact) mass is 251 g/mol. The Morgan fingerprint density at radius 3 is 2.72 bits per heavy atom. The Hall–Kier alpha value is -1.26. The molecule has 0 bridgehead atoms. The van der Waals surface area contributed by atoms with E-state index in [9.17, 15) is 0 Å². The lowest BCUT2D eigenvalue weighted by Crippen LogP contribution is -2.16. The molecule has 0 spiro atoms. The van der Waals surface area contributed by atoms with Crippen molar-refractivity contribution in [3.8, 4) is 11.5 Å². The molecule has 1 fully saturated rings. The first-order valence-electron chi connectivity index (χ1n) is 6.35. The summed E-state index contributed by atoms with van der Waals surface area (Å²) in [7, 11) is 3.35. The van der Waals surface area contributed by atoms with Crippen LogP contribution in [-0.2, 0) is 11.3 Å². The standard InChI is InChI=1S/C14H21NO3/c1-16-7-8-18-14-6-5-13(17-2)9-11(14)10-15-12-3-4-12/h5-6,9,12,15H,3-4,7-8,10H2,1-2H3. The summed E-state index contributed by atoms with van der Waals surface area (Å²) in [6.07, 6.45) is 2.56. The van der Waals surface area contributed by atoms with Crippen molar-refractivity contribution in [3.63, 3.8) is 0 Å². The van der Waals surface area contributed by atoms with Gasteiger partial charge in [0, 0.05) is 25.3 Å². The number of methoxy groups -OCH3 is 2. The van der Waals surface area contributed by atoms with Crippen molar-refractivity contribution < 1.29 is 14.2 Å². The molecular weight excluding hydrogens is 230 g/mol. The molecule has 1 saturated carbocycles. The number of nitrogens with one attached hydrogen (secondary N) is 1. The topological polar surface area (TPSA) is 39.7 Å². The van der Waals surface area contributed by atoms with Crippen LogP contribution < -0.4 is 14.8 Å². The molecule has 0 heterocycles. The van der Waals surface area contributed by atoms with Crippen molar-refractivity contribution in [1.29, 1.82) is 0 Å². The maximum Gasteiger partial charge on any atom is 0.124 e. The van der Waals surface area contributed by atoms with E-state index in [0.29, 0.717) is 19.3 Å². The molecule has 1 aliphatic carbocycles. The predicted molar refractivity (Wildman–Crippen MR) is 70.2 cm³/mol. The first-order valence-corrected chi connectivity index (χ1v) is 6.35. The van der Waals surface area contributed by atoms with Gasteiger partial charge in [0.15, 0.2) is 0 Å². The highest BCUT2D eigenvalue weighted by atomic mass is 16.5. The molecule has 1 N–H and O–H groups in total. The fraction of sp³-hybridized carbons (Fsp3) is 0.571. The van der Waals surface area contributed by atoms with Crippen molar-refractivity contribution in [2.24, 2.45) is 0 Å². The third-order valence-electron chi connectivity index (χ3n) is 2.97. The van der Waals surface area contributed by atoms with Crippen LogP contribution in [0.25, 0.3) is 0 Å². The number of hydrogen-bond acceptors (Lipinski definition) is 4. The fourth-order valence-electron chi connectivity index (χ4n) is 1.74. The van der Waals surface area contributed by atoms with E-state index in [0.717, 1.165) is 23.6 Å². The van der Waals surface area contributed by atoms with Gasteiger partial charge in [-0.3, -0.25) is 0 Å². The van der Waals surface area contributed by atoms with E-state index in [1.54, 1.807) is 14.2 Å². The minimum Gasteiger partial charge on any atom is -0.497 e. The Morgan fingerprint density at radius 2 is 2.06 bits per heavy atom. The van der Waals surface area contributed by atoms with Gasteiger partial charge >= 0.3 is 0 Å². The third-order valence-corrected chi connectivity index (χ3v) is 2.97. The van der Waals surface area contributed by atoms with Crippen LogP contribution in [0, 0.1) is 0 Å². The van der Waals surface area contributed by atoms with E-state index in [-0.39, 0.29) is 0 Å². The van der Waals surface area contributed by atoms with Crippen LogP contribution in [0.15, 0.2) is 18.2 Å². The quantitative estimate of drug-likeness (QED) is 0.717. The Kier molecular flexibility index (Phi) is 4.84. The van der Waals surface area contributed by atoms with Gasteiger partial charge in [-0.2, -0.15) is 0 Å². The lowest BCUT2D eigenvalue weighted by atomic mass is 10.2. The van der Waals surface area contributed by atoms with Crippen LogP contribution in [0.2, 0.25) is 0 Å². The Morgan fingerprint density at radius 1 is 1.22 bits per heavy atom. The van der Waals surface area contributed by atoms with Crippen LogP contribution in [0.1, 0.15) is 18.4 Å². The van der Waals surface area contributed by atoms with Crippen LogP contribution in [0.3, 0.4) is 0 Å². The van der Waals surface area contributed by atoms with E-state index >= 15 is 0 Å². The molecule has 1 aromatic rings. The van der Waals surface area contributed by atoms with Gasteiger partial charge in [0.05, 0.1) is 13.7 Å². The Labute approximate surface area is 108 Å². The lowest BCUT2D eigenvalue weighted by Gasteiger charge is -2.13. The summed E-state index contributed by atoms with van der Waals surface area (Å²) in [6, 6.07) is 6.58. The first-order chi connectivity index (χ1) is 8.83. The Bertz CT molecular complexity index is 377. The fourth-order valence-corrected chi connectivity index (χ4v) is 1.74.